The monoisotopic (exact) mass is 831 g/mol. The summed E-state index contributed by atoms with van der Waals surface area (Å²) < 4.78 is 55.1. The van der Waals surface area contributed by atoms with E-state index in [4.69, 9.17) is 26.1 Å². The summed E-state index contributed by atoms with van der Waals surface area (Å²) in [5.74, 6) is 0.285. The molecule has 310 valence electrons. The number of likely N-dealkylation sites (tertiary alicyclic amines) is 4. The molecule has 0 radical (unpaired) electrons. The molecule has 0 bridgehead atoms. The van der Waals surface area contributed by atoms with Gasteiger partial charge in [0.1, 0.15) is 5.69 Å². The third kappa shape index (κ3) is 7.12. The van der Waals surface area contributed by atoms with Gasteiger partial charge in [0, 0.05) is 113 Å². The summed E-state index contributed by atoms with van der Waals surface area (Å²) in [5.41, 5.74) is 4.52. The highest BCUT2D eigenvalue weighted by Gasteiger charge is 2.53. The lowest BCUT2D eigenvalue weighted by Crippen LogP contribution is -2.72. The van der Waals surface area contributed by atoms with E-state index in [9.17, 15) is 22.8 Å². The number of aromatic nitrogens is 4. The SMILES string of the molecule is COc1nc(-c2ccnc(-c3cccc4c3CC[C@@H]4Nc3nc(OC)c(CN4CC5(C4)CN(C(C)=O)C5)nc3C(F)(F)F)c2Cl)ccc1CN1CC2(C1)CN(C(C)=O)C2. The second-order valence-electron chi connectivity index (χ2n) is 16.9. The number of hydrogen-bond acceptors (Lipinski definition) is 11. The van der Waals surface area contributed by atoms with Crippen LogP contribution in [-0.2, 0) is 35.3 Å². The molecule has 4 aliphatic heterocycles. The first kappa shape index (κ1) is 39.4. The average Bonchev–Trinajstić information content (AvgIpc) is 3.54. The third-order valence-corrected chi connectivity index (χ3v) is 12.9. The molecule has 1 aromatic carbocycles. The van der Waals surface area contributed by atoms with Crippen LogP contribution in [0, 0.1) is 10.8 Å². The summed E-state index contributed by atoms with van der Waals surface area (Å²) in [6.07, 6.45) is -2.02. The van der Waals surface area contributed by atoms with E-state index in [1.807, 2.05) is 40.1 Å². The number of nitrogens with one attached hydrogen (secondary N) is 1. The first-order valence-corrected chi connectivity index (χ1v) is 20.1. The van der Waals surface area contributed by atoms with E-state index in [2.05, 4.69) is 25.2 Å². The molecule has 1 N–H and O–H groups in total. The second kappa shape index (κ2) is 14.6. The van der Waals surface area contributed by atoms with Crippen molar-refractivity contribution in [3.8, 4) is 34.3 Å². The number of fused-ring (bicyclic) bond motifs is 1. The Balaban J connectivity index is 0.922. The molecule has 5 aliphatic rings. The maximum absolute atomic E-state index is 14.6. The average molecular weight is 832 g/mol. The minimum atomic E-state index is -4.77. The molecule has 3 aromatic heterocycles. The number of hydrogen-bond donors (Lipinski definition) is 1. The van der Waals surface area contributed by atoms with Crippen molar-refractivity contribution in [1.82, 2.24) is 39.5 Å². The number of pyridine rings is 2. The van der Waals surface area contributed by atoms with Crippen molar-refractivity contribution in [2.45, 2.75) is 52.0 Å². The van der Waals surface area contributed by atoms with Crippen LogP contribution in [0.1, 0.15) is 54.4 Å². The smallest absolute Gasteiger partial charge is 0.437 e. The lowest BCUT2D eigenvalue weighted by Gasteiger charge is -2.60. The van der Waals surface area contributed by atoms with E-state index in [1.54, 1.807) is 31.2 Å². The van der Waals surface area contributed by atoms with Gasteiger partial charge in [-0.2, -0.15) is 18.2 Å². The zero-order valence-corrected chi connectivity index (χ0v) is 34.1. The molecule has 1 atom stereocenters. The number of alkyl halides is 3. The number of benzene rings is 1. The van der Waals surface area contributed by atoms with Gasteiger partial charge in [-0.1, -0.05) is 35.9 Å². The lowest BCUT2D eigenvalue weighted by atomic mass is 9.72. The van der Waals surface area contributed by atoms with Crippen LogP contribution in [0.25, 0.3) is 22.5 Å². The largest absolute Gasteiger partial charge is 0.481 e. The van der Waals surface area contributed by atoms with Crippen LogP contribution in [0.3, 0.4) is 0 Å². The Kier molecular flexibility index (Phi) is 9.74. The molecule has 4 aromatic rings. The van der Waals surface area contributed by atoms with Gasteiger partial charge in [0.25, 0.3) is 0 Å². The fourth-order valence-corrected chi connectivity index (χ4v) is 10.1. The first-order valence-electron chi connectivity index (χ1n) is 19.7. The van der Waals surface area contributed by atoms with E-state index < -0.39 is 23.7 Å². The Morgan fingerprint density at radius 3 is 2.08 bits per heavy atom. The van der Waals surface area contributed by atoms with Crippen LogP contribution in [0.2, 0.25) is 5.02 Å². The van der Waals surface area contributed by atoms with Crippen molar-refractivity contribution in [2.24, 2.45) is 10.8 Å². The molecule has 59 heavy (non-hydrogen) atoms. The van der Waals surface area contributed by atoms with Crippen molar-refractivity contribution in [3.05, 3.63) is 75.7 Å². The molecule has 2 spiro atoms. The molecule has 1 aliphatic carbocycles. The second-order valence-corrected chi connectivity index (χ2v) is 17.3. The van der Waals surface area contributed by atoms with Gasteiger partial charge in [-0.25, -0.2) is 9.97 Å². The molecule has 2 amide bonds. The molecule has 13 nitrogen and oxygen atoms in total. The summed E-state index contributed by atoms with van der Waals surface area (Å²) >= 11 is 7.13. The predicted octanol–water partition coefficient (Wildman–Crippen LogP) is 5.72. The van der Waals surface area contributed by atoms with Gasteiger partial charge in [0.2, 0.25) is 23.6 Å². The van der Waals surface area contributed by atoms with Crippen molar-refractivity contribution >= 4 is 29.2 Å². The van der Waals surface area contributed by atoms with Gasteiger partial charge < -0.3 is 24.6 Å². The van der Waals surface area contributed by atoms with E-state index in [0.717, 1.165) is 48.4 Å². The number of amides is 2. The maximum atomic E-state index is 14.6. The van der Waals surface area contributed by atoms with Crippen LogP contribution in [0.15, 0.2) is 42.6 Å². The number of rotatable bonds is 10. The van der Waals surface area contributed by atoms with Gasteiger partial charge in [-0.05, 0) is 36.1 Å². The summed E-state index contributed by atoms with van der Waals surface area (Å²) in [5, 5.41) is 3.47. The zero-order chi connectivity index (χ0) is 41.4. The number of ether oxygens (including phenoxy) is 2. The Bertz CT molecular complexity index is 2330. The highest BCUT2D eigenvalue weighted by molar-refractivity contribution is 6.35. The molecule has 7 heterocycles. The Morgan fingerprint density at radius 2 is 1.47 bits per heavy atom. The quantitative estimate of drug-likeness (QED) is 0.211. The van der Waals surface area contributed by atoms with E-state index >= 15 is 0 Å². The van der Waals surface area contributed by atoms with Crippen molar-refractivity contribution in [3.63, 3.8) is 0 Å². The zero-order valence-electron chi connectivity index (χ0n) is 33.3. The van der Waals surface area contributed by atoms with Crippen LogP contribution < -0.4 is 14.8 Å². The van der Waals surface area contributed by atoms with Gasteiger partial charge in [-0.15, -0.1) is 0 Å². The van der Waals surface area contributed by atoms with Crippen LogP contribution in [0.4, 0.5) is 19.0 Å². The Morgan fingerprint density at radius 1 is 0.831 bits per heavy atom. The molecule has 0 saturated carbocycles. The molecular formula is C42H45ClF3N9O4. The number of carbonyl (C=O) groups excluding carboxylic acids is 2. The third-order valence-electron chi connectivity index (χ3n) is 12.5. The number of methoxy groups -OCH3 is 2. The Hall–Kier alpha value is -5.06. The van der Waals surface area contributed by atoms with Crippen molar-refractivity contribution < 1.29 is 32.2 Å². The van der Waals surface area contributed by atoms with E-state index in [0.29, 0.717) is 73.4 Å². The first-order chi connectivity index (χ1) is 28.2. The van der Waals surface area contributed by atoms with E-state index in [-0.39, 0.29) is 40.8 Å². The number of nitrogens with zero attached hydrogens (tertiary/aromatic N) is 8. The fraction of sp³-hybridized carbons (Fsp3) is 0.476. The van der Waals surface area contributed by atoms with E-state index in [1.165, 1.54) is 14.0 Å². The molecule has 0 unspecified atom stereocenters. The molecule has 17 heteroatoms. The normalized spacial score (nSPS) is 20.4. The topological polar surface area (TPSA) is 129 Å². The van der Waals surface area contributed by atoms with Crippen molar-refractivity contribution in [1.29, 1.82) is 0 Å². The molecule has 4 fully saturated rings. The minimum Gasteiger partial charge on any atom is -0.481 e. The number of anilines is 1. The Labute approximate surface area is 344 Å². The standard InChI is InChI=1S/C42H45ClF3N9O4/c1-24(56)54-20-40(21-54)16-52(17-40)14-26-8-10-32(50-38(26)58-3)30-12-13-47-35(34(30)43)29-7-5-6-28-27(29)9-11-31(28)49-37-36(42(44,45)46)48-33(39(51-37)59-4)15-53-18-41(19-53)22-55(23-41)25(2)57/h5-8,10,12-13,31H,9,11,14-23H2,1-4H3,(H,49,51)/t31-/m0/s1. The fourth-order valence-electron chi connectivity index (χ4n) is 9.81. The van der Waals surface area contributed by atoms with Crippen molar-refractivity contribution in [2.75, 3.05) is 71.9 Å². The highest BCUT2D eigenvalue weighted by atomic mass is 35.5. The summed E-state index contributed by atoms with van der Waals surface area (Å²) in [6, 6.07) is 10.9. The van der Waals surface area contributed by atoms with Crippen LogP contribution >= 0.6 is 11.6 Å². The maximum Gasteiger partial charge on any atom is 0.437 e. The number of carbonyl (C=O) groups is 2. The van der Waals surface area contributed by atoms with Crippen LogP contribution in [-0.4, -0.2) is 118 Å². The minimum absolute atomic E-state index is 0.0106. The van der Waals surface area contributed by atoms with Crippen LogP contribution in [0.5, 0.6) is 11.8 Å². The van der Waals surface area contributed by atoms with Gasteiger partial charge in [-0.3, -0.25) is 24.4 Å². The molecular weight excluding hydrogens is 787 g/mol. The van der Waals surface area contributed by atoms with Gasteiger partial charge in [0.05, 0.1) is 36.7 Å². The highest BCUT2D eigenvalue weighted by Crippen LogP contribution is 2.46. The number of halogens is 4. The summed E-state index contributed by atoms with van der Waals surface area (Å²) in [7, 11) is 2.97. The summed E-state index contributed by atoms with van der Waals surface area (Å²) in [6.45, 7) is 10.0. The lowest BCUT2D eigenvalue weighted by molar-refractivity contribution is -0.158. The van der Waals surface area contributed by atoms with Gasteiger partial charge >= 0.3 is 6.18 Å². The molecule has 4 saturated heterocycles. The predicted molar refractivity (Wildman–Crippen MR) is 213 cm³/mol. The molecule has 9 rings (SSSR count). The van der Waals surface area contributed by atoms with Gasteiger partial charge in [0.15, 0.2) is 11.5 Å². The summed E-state index contributed by atoms with van der Waals surface area (Å²) in [4.78, 5) is 49.3.